The van der Waals surface area contributed by atoms with Crippen molar-refractivity contribution in [2.75, 3.05) is 32.1 Å². The molecule has 20 heavy (non-hydrogen) atoms. The van der Waals surface area contributed by atoms with Crippen LogP contribution in [-0.2, 0) is 4.74 Å². The Morgan fingerprint density at radius 3 is 3.20 bits per heavy atom. The molecule has 7 nitrogen and oxygen atoms in total. The van der Waals surface area contributed by atoms with Crippen molar-refractivity contribution in [3.05, 3.63) is 18.1 Å². The zero-order valence-corrected chi connectivity index (χ0v) is 11.9. The van der Waals surface area contributed by atoms with Gasteiger partial charge in [0.25, 0.3) is 5.78 Å². The van der Waals surface area contributed by atoms with Crippen LogP contribution in [0.3, 0.4) is 0 Å². The molecule has 2 aromatic heterocycles. The van der Waals surface area contributed by atoms with Crippen LogP contribution in [-0.4, -0.2) is 51.9 Å². The zero-order chi connectivity index (χ0) is 14.0. The van der Waals surface area contributed by atoms with Gasteiger partial charge in [-0.25, -0.2) is 4.98 Å². The van der Waals surface area contributed by atoms with Crippen molar-refractivity contribution in [2.24, 2.45) is 0 Å². The van der Waals surface area contributed by atoms with Crippen LogP contribution in [0.2, 0.25) is 0 Å². The van der Waals surface area contributed by atoms with E-state index in [9.17, 15) is 0 Å². The molecule has 1 unspecified atom stereocenters. The van der Waals surface area contributed by atoms with Crippen molar-refractivity contribution in [2.45, 2.75) is 25.3 Å². The lowest BCUT2D eigenvalue weighted by atomic mass is 9.99. The highest BCUT2D eigenvalue weighted by Gasteiger charge is 2.33. The molecule has 0 bridgehead atoms. The molecule has 2 aromatic rings. The van der Waals surface area contributed by atoms with Crippen LogP contribution in [0.15, 0.2) is 12.4 Å². The molecule has 0 radical (unpaired) electrons. The van der Waals surface area contributed by atoms with Crippen molar-refractivity contribution < 1.29 is 4.74 Å². The molecule has 3 rings (SSSR count). The zero-order valence-electron chi connectivity index (χ0n) is 11.9. The first kappa shape index (κ1) is 13.3. The first-order valence-corrected chi connectivity index (χ1v) is 6.88. The number of anilines is 1. The van der Waals surface area contributed by atoms with E-state index in [4.69, 9.17) is 4.74 Å². The van der Waals surface area contributed by atoms with Gasteiger partial charge in [0.05, 0.1) is 12.1 Å². The quantitative estimate of drug-likeness (QED) is 0.833. The number of methoxy groups -OCH3 is 1. The standard InChI is InChI=1S/C13H20N6O/c1-10-6-11(19-12(18-10)15-9-17-19)14-7-13(8-20-2)4-3-5-16-13/h6,9,14,16H,3-5,7-8H2,1-2H3. The summed E-state index contributed by atoms with van der Waals surface area (Å²) in [6.45, 7) is 4.49. The molecule has 0 aliphatic carbocycles. The fourth-order valence-corrected chi connectivity index (χ4v) is 2.79. The van der Waals surface area contributed by atoms with E-state index < -0.39 is 0 Å². The van der Waals surface area contributed by atoms with Crippen molar-refractivity contribution >= 4 is 11.6 Å². The summed E-state index contributed by atoms with van der Waals surface area (Å²) in [6, 6.07) is 1.98. The number of nitrogens with zero attached hydrogens (tertiary/aromatic N) is 4. The molecule has 1 saturated heterocycles. The highest BCUT2D eigenvalue weighted by atomic mass is 16.5. The lowest BCUT2D eigenvalue weighted by Crippen LogP contribution is -2.49. The number of ether oxygens (including phenoxy) is 1. The molecule has 108 valence electrons. The largest absolute Gasteiger partial charge is 0.383 e. The molecular weight excluding hydrogens is 256 g/mol. The van der Waals surface area contributed by atoms with Crippen LogP contribution in [0.1, 0.15) is 18.5 Å². The van der Waals surface area contributed by atoms with Gasteiger partial charge >= 0.3 is 0 Å². The number of fused-ring (bicyclic) bond motifs is 1. The summed E-state index contributed by atoms with van der Waals surface area (Å²) in [7, 11) is 1.74. The number of hydrogen-bond acceptors (Lipinski definition) is 6. The maximum atomic E-state index is 5.36. The first-order chi connectivity index (χ1) is 9.72. The predicted molar refractivity (Wildman–Crippen MR) is 75.9 cm³/mol. The van der Waals surface area contributed by atoms with Crippen molar-refractivity contribution in [3.63, 3.8) is 0 Å². The Kier molecular flexibility index (Phi) is 3.54. The molecule has 2 N–H and O–H groups in total. The van der Waals surface area contributed by atoms with E-state index in [1.807, 2.05) is 13.0 Å². The van der Waals surface area contributed by atoms with E-state index in [2.05, 4.69) is 25.7 Å². The van der Waals surface area contributed by atoms with Crippen LogP contribution >= 0.6 is 0 Å². The van der Waals surface area contributed by atoms with Gasteiger partial charge in [-0.05, 0) is 26.3 Å². The average molecular weight is 276 g/mol. The first-order valence-electron chi connectivity index (χ1n) is 6.88. The van der Waals surface area contributed by atoms with Gasteiger partial charge < -0.3 is 15.4 Å². The van der Waals surface area contributed by atoms with Gasteiger partial charge in [0.15, 0.2) is 0 Å². The smallest absolute Gasteiger partial charge is 0.254 e. The minimum absolute atomic E-state index is 0.00116. The van der Waals surface area contributed by atoms with Gasteiger partial charge in [-0.15, -0.1) is 0 Å². The van der Waals surface area contributed by atoms with Gasteiger partial charge in [0.2, 0.25) is 0 Å². The van der Waals surface area contributed by atoms with Crippen LogP contribution in [0.5, 0.6) is 0 Å². The van der Waals surface area contributed by atoms with Gasteiger partial charge in [0.1, 0.15) is 12.1 Å². The third-order valence-corrected chi connectivity index (χ3v) is 3.74. The van der Waals surface area contributed by atoms with E-state index in [0.717, 1.165) is 31.0 Å². The molecule has 1 aliphatic heterocycles. The lowest BCUT2D eigenvalue weighted by molar-refractivity contribution is 0.127. The highest BCUT2D eigenvalue weighted by molar-refractivity contribution is 5.45. The predicted octanol–water partition coefficient (Wildman–Crippen LogP) is 0.613. The summed E-state index contributed by atoms with van der Waals surface area (Å²) in [5, 5.41) is 11.2. The Bertz CT molecular complexity index is 590. The monoisotopic (exact) mass is 276 g/mol. The number of rotatable bonds is 5. The minimum Gasteiger partial charge on any atom is -0.383 e. The molecule has 1 fully saturated rings. The maximum Gasteiger partial charge on any atom is 0.254 e. The average Bonchev–Trinajstić information content (AvgIpc) is 3.06. The topological polar surface area (TPSA) is 76.4 Å². The van der Waals surface area contributed by atoms with E-state index in [1.54, 1.807) is 11.6 Å². The maximum absolute atomic E-state index is 5.36. The molecule has 1 aliphatic rings. The van der Waals surface area contributed by atoms with Crippen LogP contribution in [0.4, 0.5) is 5.82 Å². The number of aryl methyl sites for hydroxylation is 1. The second-order valence-corrected chi connectivity index (χ2v) is 5.35. The Hall–Kier alpha value is -1.73. The molecule has 0 saturated carbocycles. The summed E-state index contributed by atoms with van der Waals surface area (Å²) >= 11 is 0. The Labute approximate surface area is 117 Å². The second-order valence-electron chi connectivity index (χ2n) is 5.35. The second kappa shape index (κ2) is 5.34. The lowest BCUT2D eigenvalue weighted by Gasteiger charge is -2.29. The number of aromatic nitrogens is 4. The SMILES string of the molecule is COCC1(CNc2cc(C)nc3ncnn23)CCCN1. The normalized spacial score (nSPS) is 22.5. The van der Waals surface area contributed by atoms with Crippen molar-refractivity contribution in [1.82, 2.24) is 24.9 Å². The van der Waals surface area contributed by atoms with Gasteiger partial charge in [-0.2, -0.15) is 14.6 Å². The Morgan fingerprint density at radius 2 is 2.45 bits per heavy atom. The van der Waals surface area contributed by atoms with Crippen LogP contribution in [0.25, 0.3) is 5.78 Å². The fourth-order valence-electron chi connectivity index (χ4n) is 2.79. The van der Waals surface area contributed by atoms with E-state index in [-0.39, 0.29) is 5.54 Å². The molecule has 0 aromatic carbocycles. The van der Waals surface area contributed by atoms with Crippen molar-refractivity contribution in [1.29, 1.82) is 0 Å². The van der Waals surface area contributed by atoms with Gasteiger partial charge in [-0.1, -0.05) is 0 Å². The Morgan fingerprint density at radius 1 is 1.55 bits per heavy atom. The summed E-state index contributed by atoms with van der Waals surface area (Å²) in [6.07, 6.45) is 3.81. The third-order valence-electron chi connectivity index (χ3n) is 3.74. The summed E-state index contributed by atoms with van der Waals surface area (Å²) in [5.41, 5.74) is 0.923. The fraction of sp³-hybridized carbons (Fsp3) is 0.615. The molecule has 0 spiro atoms. The number of hydrogen-bond donors (Lipinski definition) is 2. The molecule has 7 heteroatoms. The summed E-state index contributed by atoms with van der Waals surface area (Å²) in [5.74, 6) is 1.53. The third kappa shape index (κ3) is 2.46. The molecular formula is C13H20N6O. The summed E-state index contributed by atoms with van der Waals surface area (Å²) < 4.78 is 7.09. The van der Waals surface area contributed by atoms with Crippen molar-refractivity contribution in [3.8, 4) is 0 Å². The van der Waals surface area contributed by atoms with E-state index in [0.29, 0.717) is 12.4 Å². The minimum atomic E-state index is -0.00116. The highest BCUT2D eigenvalue weighted by Crippen LogP contribution is 2.21. The summed E-state index contributed by atoms with van der Waals surface area (Å²) in [4.78, 5) is 8.47. The Balaban J connectivity index is 1.80. The van der Waals surface area contributed by atoms with Gasteiger partial charge in [0, 0.05) is 25.4 Å². The number of nitrogens with one attached hydrogen (secondary N) is 2. The molecule has 0 amide bonds. The van der Waals surface area contributed by atoms with Gasteiger partial charge in [-0.3, -0.25) is 0 Å². The van der Waals surface area contributed by atoms with E-state index in [1.165, 1.54) is 12.7 Å². The van der Waals surface area contributed by atoms with Crippen LogP contribution in [0, 0.1) is 6.92 Å². The molecule has 3 heterocycles. The molecule has 1 atom stereocenters. The van der Waals surface area contributed by atoms with Crippen LogP contribution < -0.4 is 10.6 Å². The van der Waals surface area contributed by atoms with E-state index >= 15 is 0 Å².